The lowest BCUT2D eigenvalue weighted by Crippen LogP contribution is -2.29. The van der Waals surface area contributed by atoms with Crippen LogP contribution in [-0.4, -0.2) is 42.5 Å². The van der Waals surface area contributed by atoms with E-state index in [2.05, 4.69) is 9.72 Å². The SMILES string of the molecule is COC(=O)CCN(C)C(=O)c1ccc(Cl)nc1Cl. The van der Waals surface area contributed by atoms with Crippen molar-refractivity contribution in [2.75, 3.05) is 20.7 Å². The summed E-state index contributed by atoms with van der Waals surface area (Å²) in [4.78, 5) is 28.1. The first kappa shape index (κ1) is 14.7. The van der Waals surface area contributed by atoms with Gasteiger partial charge in [-0.1, -0.05) is 23.2 Å². The molecule has 7 heteroatoms. The highest BCUT2D eigenvalue weighted by atomic mass is 35.5. The van der Waals surface area contributed by atoms with Gasteiger partial charge in [-0.3, -0.25) is 9.59 Å². The highest BCUT2D eigenvalue weighted by molar-refractivity contribution is 6.34. The summed E-state index contributed by atoms with van der Waals surface area (Å²) in [6.07, 6.45) is 0.122. The number of amides is 1. The second-order valence-electron chi connectivity index (χ2n) is 3.53. The van der Waals surface area contributed by atoms with Gasteiger partial charge < -0.3 is 9.64 Å². The fourth-order valence-corrected chi connectivity index (χ4v) is 1.67. The Kier molecular flexibility index (Phi) is 5.37. The van der Waals surface area contributed by atoms with Gasteiger partial charge in [0.15, 0.2) is 0 Å². The number of hydrogen-bond donors (Lipinski definition) is 0. The average Bonchev–Trinajstić information content (AvgIpc) is 2.34. The number of rotatable bonds is 4. The van der Waals surface area contributed by atoms with Crippen LogP contribution in [0.3, 0.4) is 0 Å². The quantitative estimate of drug-likeness (QED) is 0.629. The van der Waals surface area contributed by atoms with Crippen LogP contribution in [0.4, 0.5) is 0 Å². The average molecular weight is 291 g/mol. The van der Waals surface area contributed by atoms with E-state index in [1.165, 1.54) is 24.1 Å². The minimum Gasteiger partial charge on any atom is -0.469 e. The summed E-state index contributed by atoms with van der Waals surface area (Å²) in [7, 11) is 2.86. The molecule has 0 bridgehead atoms. The molecule has 0 N–H and O–H groups in total. The van der Waals surface area contributed by atoms with Crippen molar-refractivity contribution in [3.63, 3.8) is 0 Å². The fraction of sp³-hybridized carbons (Fsp3) is 0.364. The maximum atomic E-state index is 12.0. The van der Waals surface area contributed by atoms with Crippen molar-refractivity contribution in [1.29, 1.82) is 0 Å². The first-order valence-electron chi connectivity index (χ1n) is 5.10. The van der Waals surface area contributed by atoms with E-state index >= 15 is 0 Å². The predicted molar refractivity (Wildman–Crippen MR) is 67.9 cm³/mol. The van der Waals surface area contributed by atoms with E-state index in [1.807, 2.05) is 0 Å². The number of aromatic nitrogens is 1. The van der Waals surface area contributed by atoms with Crippen LogP contribution in [0.15, 0.2) is 12.1 Å². The van der Waals surface area contributed by atoms with Crippen LogP contribution in [0, 0.1) is 0 Å². The van der Waals surface area contributed by atoms with Crippen molar-refractivity contribution in [3.05, 3.63) is 28.0 Å². The Labute approximate surface area is 115 Å². The summed E-state index contributed by atoms with van der Waals surface area (Å²) in [6, 6.07) is 2.98. The zero-order valence-corrected chi connectivity index (χ0v) is 11.5. The lowest BCUT2D eigenvalue weighted by atomic mass is 10.2. The van der Waals surface area contributed by atoms with E-state index in [9.17, 15) is 9.59 Å². The van der Waals surface area contributed by atoms with Gasteiger partial charge in [-0.05, 0) is 12.1 Å². The maximum absolute atomic E-state index is 12.0. The van der Waals surface area contributed by atoms with Crippen LogP contribution >= 0.6 is 23.2 Å². The van der Waals surface area contributed by atoms with Crippen molar-refractivity contribution < 1.29 is 14.3 Å². The van der Waals surface area contributed by atoms with E-state index < -0.39 is 0 Å². The summed E-state index contributed by atoms with van der Waals surface area (Å²) in [5.74, 6) is -0.706. The molecular weight excluding hydrogens is 279 g/mol. The van der Waals surface area contributed by atoms with Crippen molar-refractivity contribution in [3.8, 4) is 0 Å². The van der Waals surface area contributed by atoms with Crippen LogP contribution in [0.2, 0.25) is 10.3 Å². The van der Waals surface area contributed by atoms with Crippen molar-refractivity contribution in [2.45, 2.75) is 6.42 Å². The molecule has 1 aromatic heterocycles. The van der Waals surface area contributed by atoms with Gasteiger partial charge in [0.05, 0.1) is 19.1 Å². The Morgan fingerprint density at radius 1 is 1.39 bits per heavy atom. The molecule has 0 radical (unpaired) electrons. The number of ether oxygens (including phenoxy) is 1. The molecule has 0 unspecified atom stereocenters. The van der Waals surface area contributed by atoms with E-state index in [-0.39, 0.29) is 40.7 Å². The first-order valence-corrected chi connectivity index (χ1v) is 5.85. The van der Waals surface area contributed by atoms with Gasteiger partial charge in [-0.2, -0.15) is 0 Å². The molecule has 0 aliphatic heterocycles. The minimum absolute atomic E-state index is 0.0393. The third kappa shape index (κ3) is 3.85. The van der Waals surface area contributed by atoms with E-state index in [1.54, 1.807) is 7.05 Å². The number of nitrogens with zero attached hydrogens (tertiary/aromatic N) is 2. The van der Waals surface area contributed by atoms with Gasteiger partial charge in [0.25, 0.3) is 5.91 Å². The van der Waals surface area contributed by atoms with Gasteiger partial charge in [0.1, 0.15) is 10.3 Å². The molecular formula is C11H12Cl2N2O3. The zero-order chi connectivity index (χ0) is 13.7. The standard InChI is InChI=1S/C11H12Cl2N2O3/c1-15(6-5-9(16)18-2)11(17)7-3-4-8(12)14-10(7)13/h3-4H,5-6H2,1-2H3. The van der Waals surface area contributed by atoms with Crippen LogP contribution in [0.1, 0.15) is 16.8 Å². The number of hydrogen-bond acceptors (Lipinski definition) is 4. The number of methoxy groups -OCH3 is 1. The van der Waals surface area contributed by atoms with E-state index in [0.717, 1.165) is 0 Å². The molecule has 0 fully saturated rings. The number of carbonyl (C=O) groups is 2. The summed E-state index contributed by atoms with van der Waals surface area (Å²) in [5, 5.41) is 0.256. The number of carbonyl (C=O) groups excluding carboxylic acids is 2. The summed E-state index contributed by atoms with van der Waals surface area (Å²) in [6.45, 7) is 0.241. The molecule has 0 saturated heterocycles. The van der Waals surface area contributed by atoms with Gasteiger partial charge in [0.2, 0.25) is 0 Å². The molecule has 0 spiro atoms. The molecule has 0 aromatic carbocycles. The first-order chi connectivity index (χ1) is 8.45. The molecule has 1 aromatic rings. The number of halogens is 2. The van der Waals surface area contributed by atoms with Gasteiger partial charge >= 0.3 is 5.97 Å². The Hall–Kier alpha value is -1.33. The second kappa shape index (κ2) is 6.56. The van der Waals surface area contributed by atoms with Crippen molar-refractivity contribution in [1.82, 2.24) is 9.88 Å². The molecule has 0 atom stereocenters. The highest BCUT2D eigenvalue weighted by Gasteiger charge is 2.17. The Morgan fingerprint density at radius 3 is 2.61 bits per heavy atom. The third-order valence-electron chi connectivity index (χ3n) is 2.27. The maximum Gasteiger partial charge on any atom is 0.307 e. The van der Waals surface area contributed by atoms with Crippen molar-refractivity contribution >= 4 is 35.1 Å². The molecule has 0 aliphatic carbocycles. The van der Waals surface area contributed by atoms with E-state index in [0.29, 0.717) is 0 Å². The predicted octanol–water partition coefficient (Wildman–Crippen LogP) is 2.02. The third-order valence-corrected chi connectivity index (χ3v) is 2.77. The fourth-order valence-electron chi connectivity index (χ4n) is 1.24. The number of esters is 1. The van der Waals surface area contributed by atoms with Gasteiger partial charge in [-0.15, -0.1) is 0 Å². The van der Waals surface area contributed by atoms with E-state index in [4.69, 9.17) is 23.2 Å². The van der Waals surface area contributed by atoms with Crippen molar-refractivity contribution in [2.24, 2.45) is 0 Å². The minimum atomic E-state index is -0.380. The molecule has 0 saturated carbocycles. The van der Waals surface area contributed by atoms with Crippen LogP contribution in [-0.2, 0) is 9.53 Å². The van der Waals surface area contributed by atoms with Crippen LogP contribution in [0.5, 0.6) is 0 Å². The smallest absolute Gasteiger partial charge is 0.307 e. The Balaban J connectivity index is 2.71. The topological polar surface area (TPSA) is 59.5 Å². The largest absolute Gasteiger partial charge is 0.469 e. The normalized spacial score (nSPS) is 10.0. The van der Waals surface area contributed by atoms with Gasteiger partial charge in [0, 0.05) is 13.6 Å². The lowest BCUT2D eigenvalue weighted by Gasteiger charge is -2.16. The molecule has 1 amide bonds. The molecule has 0 aliphatic rings. The monoisotopic (exact) mass is 290 g/mol. The van der Waals surface area contributed by atoms with Crippen LogP contribution in [0.25, 0.3) is 0 Å². The second-order valence-corrected chi connectivity index (χ2v) is 4.27. The molecule has 98 valence electrons. The molecule has 18 heavy (non-hydrogen) atoms. The molecule has 5 nitrogen and oxygen atoms in total. The molecule has 1 heterocycles. The summed E-state index contributed by atoms with van der Waals surface area (Å²) >= 11 is 11.5. The van der Waals surface area contributed by atoms with Gasteiger partial charge in [-0.25, -0.2) is 4.98 Å². The lowest BCUT2D eigenvalue weighted by molar-refractivity contribution is -0.140. The summed E-state index contributed by atoms with van der Waals surface area (Å²) < 4.78 is 4.49. The Bertz CT molecular complexity index is 466. The zero-order valence-electron chi connectivity index (χ0n) is 9.94. The highest BCUT2D eigenvalue weighted by Crippen LogP contribution is 2.18. The summed E-state index contributed by atoms with van der Waals surface area (Å²) in [5.41, 5.74) is 0.244. The van der Waals surface area contributed by atoms with Crippen LogP contribution < -0.4 is 0 Å². The molecule has 1 rings (SSSR count). The Morgan fingerprint density at radius 2 is 2.06 bits per heavy atom. The number of pyridine rings is 1.